The van der Waals surface area contributed by atoms with Crippen LogP contribution in [0.3, 0.4) is 0 Å². The summed E-state index contributed by atoms with van der Waals surface area (Å²) in [7, 11) is 0. The van der Waals surface area contributed by atoms with E-state index in [1.165, 1.54) is 11.1 Å². The lowest BCUT2D eigenvalue weighted by atomic mass is 9.99. The number of nitrogens with zero attached hydrogens (tertiary/aromatic N) is 1. The van der Waals surface area contributed by atoms with Crippen molar-refractivity contribution in [3.05, 3.63) is 35.4 Å². The van der Waals surface area contributed by atoms with Crippen LogP contribution in [0.15, 0.2) is 29.3 Å². The highest BCUT2D eigenvalue weighted by molar-refractivity contribution is 5.80. The Morgan fingerprint density at radius 3 is 3.06 bits per heavy atom. The van der Waals surface area contributed by atoms with Crippen LogP contribution in [0, 0.1) is 6.92 Å². The summed E-state index contributed by atoms with van der Waals surface area (Å²) in [6.45, 7) is 7.27. The van der Waals surface area contributed by atoms with E-state index in [4.69, 9.17) is 0 Å². The molecule has 1 aromatic carbocycles. The summed E-state index contributed by atoms with van der Waals surface area (Å²) in [5.74, 6) is 1.46. The van der Waals surface area contributed by atoms with Crippen LogP contribution >= 0.6 is 0 Å². The Labute approximate surface area is 103 Å². The molecule has 1 aliphatic rings. The number of guanidine groups is 1. The second-order valence-electron chi connectivity index (χ2n) is 4.71. The molecule has 0 saturated heterocycles. The molecule has 2 N–H and O–H groups in total. The first-order chi connectivity index (χ1) is 8.25. The molecule has 1 aromatic rings. The summed E-state index contributed by atoms with van der Waals surface area (Å²) < 4.78 is 0. The summed E-state index contributed by atoms with van der Waals surface area (Å²) in [5.41, 5.74) is 2.70. The van der Waals surface area contributed by atoms with Crippen LogP contribution in [-0.4, -0.2) is 25.6 Å². The van der Waals surface area contributed by atoms with E-state index in [0.717, 1.165) is 32.0 Å². The Kier molecular flexibility index (Phi) is 4.02. The van der Waals surface area contributed by atoms with E-state index in [1.807, 2.05) is 0 Å². The Morgan fingerprint density at radius 2 is 2.35 bits per heavy atom. The van der Waals surface area contributed by atoms with Gasteiger partial charge in [-0.25, -0.2) is 0 Å². The Morgan fingerprint density at radius 1 is 1.47 bits per heavy atom. The first kappa shape index (κ1) is 12.0. The molecule has 1 aliphatic heterocycles. The van der Waals surface area contributed by atoms with Crippen molar-refractivity contribution in [1.29, 1.82) is 0 Å². The van der Waals surface area contributed by atoms with Gasteiger partial charge in [-0.15, -0.1) is 0 Å². The molecule has 1 unspecified atom stereocenters. The van der Waals surface area contributed by atoms with Gasteiger partial charge in [0.15, 0.2) is 5.96 Å². The molecule has 0 amide bonds. The molecule has 1 atom stereocenters. The SMILES string of the molecule is Cc1cccc(C(C)CNC2=NCCCN2)c1. The van der Waals surface area contributed by atoms with Crippen LogP contribution in [0.5, 0.6) is 0 Å². The summed E-state index contributed by atoms with van der Waals surface area (Å²) in [4.78, 5) is 4.41. The normalized spacial score (nSPS) is 16.9. The van der Waals surface area contributed by atoms with E-state index < -0.39 is 0 Å². The lowest BCUT2D eigenvalue weighted by molar-refractivity contribution is 0.665. The van der Waals surface area contributed by atoms with Crippen LogP contribution in [0.1, 0.15) is 30.4 Å². The maximum atomic E-state index is 4.41. The maximum absolute atomic E-state index is 4.41. The summed E-state index contributed by atoms with van der Waals surface area (Å²) in [6, 6.07) is 8.70. The third kappa shape index (κ3) is 3.48. The molecule has 2 rings (SSSR count). The van der Waals surface area contributed by atoms with Crippen molar-refractivity contribution in [2.75, 3.05) is 19.6 Å². The van der Waals surface area contributed by atoms with Crippen molar-refractivity contribution < 1.29 is 0 Å². The van der Waals surface area contributed by atoms with E-state index in [0.29, 0.717) is 5.92 Å². The van der Waals surface area contributed by atoms with Crippen LogP contribution in [0.2, 0.25) is 0 Å². The predicted octanol–water partition coefficient (Wildman–Crippen LogP) is 2.04. The third-order valence-electron chi connectivity index (χ3n) is 3.08. The zero-order valence-corrected chi connectivity index (χ0v) is 10.7. The van der Waals surface area contributed by atoms with Gasteiger partial charge in [0.25, 0.3) is 0 Å². The van der Waals surface area contributed by atoms with E-state index in [2.05, 4.69) is 53.7 Å². The maximum Gasteiger partial charge on any atom is 0.191 e. The Bertz CT molecular complexity index is 398. The number of aliphatic imine (C=N–C) groups is 1. The number of benzene rings is 1. The Balaban J connectivity index is 1.88. The van der Waals surface area contributed by atoms with Crippen molar-refractivity contribution in [2.45, 2.75) is 26.2 Å². The topological polar surface area (TPSA) is 36.4 Å². The van der Waals surface area contributed by atoms with Crippen LogP contribution in [0.4, 0.5) is 0 Å². The molecule has 17 heavy (non-hydrogen) atoms. The third-order valence-corrected chi connectivity index (χ3v) is 3.08. The molecule has 1 heterocycles. The molecule has 0 saturated carbocycles. The first-order valence-electron chi connectivity index (χ1n) is 6.34. The van der Waals surface area contributed by atoms with Gasteiger partial charge in [-0.2, -0.15) is 0 Å². The fourth-order valence-electron chi connectivity index (χ4n) is 2.00. The second kappa shape index (κ2) is 5.71. The average Bonchev–Trinajstić information content (AvgIpc) is 2.37. The summed E-state index contributed by atoms with van der Waals surface area (Å²) >= 11 is 0. The molecular formula is C14H21N3. The van der Waals surface area contributed by atoms with E-state index >= 15 is 0 Å². The molecule has 0 fully saturated rings. The van der Waals surface area contributed by atoms with Gasteiger partial charge < -0.3 is 10.6 Å². The lowest BCUT2D eigenvalue weighted by Crippen LogP contribution is -2.42. The number of rotatable bonds is 3. The zero-order chi connectivity index (χ0) is 12.1. The van der Waals surface area contributed by atoms with Crippen molar-refractivity contribution in [3.8, 4) is 0 Å². The molecule has 3 heteroatoms. The lowest BCUT2D eigenvalue weighted by Gasteiger charge is -2.19. The molecule has 0 radical (unpaired) electrons. The molecular weight excluding hydrogens is 210 g/mol. The van der Waals surface area contributed by atoms with Crippen molar-refractivity contribution >= 4 is 5.96 Å². The summed E-state index contributed by atoms with van der Waals surface area (Å²) in [5, 5.41) is 6.65. The molecule has 0 aromatic heterocycles. The predicted molar refractivity (Wildman–Crippen MR) is 72.5 cm³/mol. The van der Waals surface area contributed by atoms with E-state index in [-0.39, 0.29) is 0 Å². The minimum atomic E-state index is 0.501. The quantitative estimate of drug-likeness (QED) is 0.835. The fraction of sp³-hybridized carbons (Fsp3) is 0.500. The minimum Gasteiger partial charge on any atom is -0.356 e. The average molecular weight is 231 g/mol. The van der Waals surface area contributed by atoms with Gasteiger partial charge in [0.2, 0.25) is 0 Å². The van der Waals surface area contributed by atoms with Crippen LogP contribution < -0.4 is 10.6 Å². The van der Waals surface area contributed by atoms with Gasteiger partial charge in [0.1, 0.15) is 0 Å². The highest BCUT2D eigenvalue weighted by Crippen LogP contribution is 2.15. The monoisotopic (exact) mass is 231 g/mol. The summed E-state index contributed by atoms with van der Waals surface area (Å²) in [6.07, 6.45) is 1.14. The number of hydrogen-bond donors (Lipinski definition) is 2. The smallest absolute Gasteiger partial charge is 0.191 e. The van der Waals surface area contributed by atoms with Gasteiger partial charge in [0, 0.05) is 19.6 Å². The highest BCUT2D eigenvalue weighted by Gasteiger charge is 2.08. The van der Waals surface area contributed by atoms with E-state index in [9.17, 15) is 0 Å². The van der Waals surface area contributed by atoms with Gasteiger partial charge in [0.05, 0.1) is 0 Å². The number of hydrogen-bond acceptors (Lipinski definition) is 3. The van der Waals surface area contributed by atoms with Gasteiger partial charge in [-0.05, 0) is 24.8 Å². The second-order valence-corrected chi connectivity index (χ2v) is 4.71. The van der Waals surface area contributed by atoms with Crippen molar-refractivity contribution in [1.82, 2.24) is 10.6 Å². The molecule has 92 valence electrons. The fourth-order valence-corrected chi connectivity index (χ4v) is 2.00. The molecule has 0 spiro atoms. The van der Waals surface area contributed by atoms with Crippen LogP contribution in [0.25, 0.3) is 0 Å². The van der Waals surface area contributed by atoms with Crippen LogP contribution in [-0.2, 0) is 0 Å². The highest BCUT2D eigenvalue weighted by atomic mass is 15.2. The van der Waals surface area contributed by atoms with E-state index in [1.54, 1.807) is 0 Å². The minimum absolute atomic E-state index is 0.501. The first-order valence-corrected chi connectivity index (χ1v) is 6.34. The van der Waals surface area contributed by atoms with Crippen molar-refractivity contribution in [2.24, 2.45) is 4.99 Å². The number of aryl methyl sites for hydroxylation is 1. The van der Waals surface area contributed by atoms with Gasteiger partial charge in [-0.3, -0.25) is 4.99 Å². The standard InChI is InChI=1S/C14H21N3/c1-11-5-3-6-13(9-11)12(2)10-17-14-15-7-4-8-16-14/h3,5-6,9,12H,4,7-8,10H2,1-2H3,(H2,15,16,17). The van der Waals surface area contributed by atoms with Crippen molar-refractivity contribution in [3.63, 3.8) is 0 Å². The molecule has 0 aliphatic carbocycles. The largest absolute Gasteiger partial charge is 0.356 e. The van der Waals surface area contributed by atoms with Gasteiger partial charge >= 0.3 is 0 Å². The zero-order valence-electron chi connectivity index (χ0n) is 10.7. The van der Waals surface area contributed by atoms with Gasteiger partial charge in [-0.1, -0.05) is 36.8 Å². The molecule has 0 bridgehead atoms. The number of nitrogens with one attached hydrogen (secondary N) is 2. The Hall–Kier alpha value is -1.51. The molecule has 3 nitrogen and oxygen atoms in total.